The minimum atomic E-state index is -0.0192. The fourth-order valence-electron chi connectivity index (χ4n) is 2.63. The summed E-state index contributed by atoms with van der Waals surface area (Å²) in [6.07, 6.45) is 1.02. The summed E-state index contributed by atoms with van der Waals surface area (Å²) in [6.45, 7) is 3.69. The van der Waals surface area contributed by atoms with Crippen molar-refractivity contribution in [2.45, 2.75) is 19.9 Å². The molecule has 1 aliphatic heterocycles. The van der Waals surface area contributed by atoms with Gasteiger partial charge in [-0.3, -0.25) is 14.5 Å². The Morgan fingerprint density at radius 1 is 1.23 bits per heavy atom. The molecule has 1 aromatic carbocycles. The van der Waals surface area contributed by atoms with E-state index >= 15 is 0 Å². The van der Waals surface area contributed by atoms with Crippen molar-refractivity contribution in [2.24, 2.45) is 0 Å². The van der Waals surface area contributed by atoms with Crippen molar-refractivity contribution >= 4 is 28.7 Å². The van der Waals surface area contributed by atoms with Crippen molar-refractivity contribution in [1.82, 2.24) is 4.90 Å². The molecule has 0 saturated carbocycles. The standard InChI is InChI=1S/C17H18N2O2S/c1-12(20)13-2-4-15(5-3-13)18-17(21)11-19-8-6-16-14(10-19)7-9-22-16/h2-5,7,9H,6,8,10-11H2,1H3,(H,18,21). The molecule has 0 unspecified atom stereocenters. The van der Waals surface area contributed by atoms with Crippen molar-refractivity contribution in [3.05, 3.63) is 51.7 Å². The highest BCUT2D eigenvalue weighted by molar-refractivity contribution is 7.10. The van der Waals surface area contributed by atoms with Crippen LogP contribution >= 0.6 is 11.3 Å². The van der Waals surface area contributed by atoms with Crippen LogP contribution in [0.3, 0.4) is 0 Å². The van der Waals surface area contributed by atoms with E-state index in [4.69, 9.17) is 0 Å². The van der Waals surface area contributed by atoms with E-state index in [9.17, 15) is 9.59 Å². The van der Waals surface area contributed by atoms with Gasteiger partial charge < -0.3 is 5.32 Å². The Labute approximate surface area is 133 Å². The first-order valence-corrected chi connectivity index (χ1v) is 8.18. The molecular formula is C17H18N2O2S. The van der Waals surface area contributed by atoms with Crippen LogP contribution in [-0.4, -0.2) is 29.7 Å². The van der Waals surface area contributed by atoms with Gasteiger partial charge in [-0.1, -0.05) is 0 Å². The maximum Gasteiger partial charge on any atom is 0.238 e. The van der Waals surface area contributed by atoms with Crippen molar-refractivity contribution in [2.75, 3.05) is 18.4 Å². The maximum atomic E-state index is 12.1. The summed E-state index contributed by atoms with van der Waals surface area (Å²) in [7, 11) is 0. The number of thiophene rings is 1. The molecular weight excluding hydrogens is 296 g/mol. The highest BCUT2D eigenvalue weighted by Gasteiger charge is 2.19. The molecule has 0 spiro atoms. The molecule has 0 radical (unpaired) electrons. The van der Waals surface area contributed by atoms with E-state index in [1.807, 2.05) is 0 Å². The quantitative estimate of drug-likeness (QED) is 0.883. The van der Waals surface area contributed by atoms with E-state index in [-0.39, 0.29) is 11.7 Å². The Balaban J connectivity index is 1.55. The first-order valence-electron chi connectivity index (χ1n) is 7.30. The van der Waals surface area contributed by atoms with Crippen LogP contribution in [0, 0.1) is 0 Å². The van der Waals surface area contributed by atoms with Gasteiger partial charge in [0, 0.05) is 29.2 Å². The summed E-state index contributed by atoms with van der Waals surface area (Å²) < 4.78 is 0. The topological polar surface area (TPSA) is 49.4 Å². The lowest BCUT2D eigenvalue weighted by Gasteiger charge is -2.26. The number of hydrogen-bond donors (Lipinski definition) is 1. The van der Waals surface area contributed by atoms with Gasteiger partial charge in [-0.25, -0.2) is 0 Å². The fraction of sp³-hybridized carbons (Fsp3) is 0.294. The third-order valence-corrected chi connectivity index (χ3v) is 4.85. The second-order valence-corrected chi connectivity index (χ2v) is 6.51. The molecule has 22 heavy (non-hydrogen) atoms. The first kappa shape index (κ1) is 14.9. The lowest BCUT2D eigenvalue weighted by atomic mass is 10.1. The Morgan fingerprint density at radius 2 is 2.00 bits per heavy atom. The van der Waals surface area contributed by atoms with E-state index in [1.54, 1.807) is 35.6 Å². The van der Waals surface area contributed by atoms with E-state index in [0.717, 1.165) is 25.2 Å². The van der Waals surface area contributed by atoms with Crippen molar-refractivity contribution in [3.63, 3.8) is 0 Å². The van der Waals surface area contributed by atoms with Gasteiger partial charge in [0.1, 0.15) is 0 Å². The van der Waals surface area contributed by atoms with Gasteiger partial charge in [0.25, 0.3) is 0 Å². The average Bonchev–Trinajstić information content (AvgIpc) is 2.95. The van der Waals surface area contributed by atoms with Crippen LogP contribution in [0.1, 0.15) is 27.7 Å². The Kier molecular flexibility index (Phi) is 4.36. The first-order chi connectivity index (χ1) is 10.6. The molecule has 1 N–H and O–H groups in total. The molecule has 1 aromatic heterocycles. The summed E-state index contributed by atoms with van der Waals surface area (Å²) in [6, 6.07) is 9.14. The molecule has 4 nitrogen and oxygen atoms in total. The van der Waals surface area contributed by atoms with Crippen LogP contribution in [0.2, 0.25) is 0 Å². The van der Waals surface area contributed by atoms with Crippen molar-refractivity contribution in [3.8, 4) is 0 Å². The van der Waals surface area contributed by atoms with E-state index in [2.05, 4.69) is 21.7 Å². The van der Waals surface area contributed by atoms with Gasteiger partial charge in [-0.05, 0) is 54.6 Å². The second kappa shape index (κ2) is 6.42. The van der Waals surface area contributed by atoms with Crippen LogP contribution in [0.4, 0.5) is 5.69 Å². The van der Waals surface area contributed by atoms with Gasteiger partial charge in [0.15, 0.2) is 5.78 Å². The predicted octanol–water partition coefficient (Wildman–Crippen LogP) is 2.95. The lowest BCUT2D eigenvalue weighted by Crippen LogP contribution is -2.36. The number of hydrogen-bond acceptors (Lipinski definition) is 4. The number of carbonyl (C=O) groups is 2. The van der Waals surface area contributed by atoms with Crippen LogP contribution in [-0.2, 0) is 17.8 Å². The number of nitrogens with one attached hydrogen (secondary N) is 1. The molecule has 2 heterocycles. The zero-order valence-electron chi connectivity index (χ0n) is 12.5. The van der Waals surface area contributed by atoms with Gasteiger partial charge in [0.2, 0.25) is 5.91 Å². The monoisotopic (exact) mass is 314 g/mol. The molecule has 5 heteroatoms. The molecule has 0 bridgehead atoms. The molecule has 114 valence electrons. The fourth-order valence-corrected chi connectivity index (χ4v) is 3.52. The SMILES string of the molecule is CC(=O)c1ccc(NC(=O)CN2CCc3sccc3C2)cc1. The molecule has 2 aromatic rings. The molecule has 3 rings (SSSR count). The normalized spacial score (nSPS) is 14.4. The Bertz CT molecular complexity index is 691. The molecule has 1 aliphatic rings. The third kappa shape index (κ3) is 3.43. The number of fused-ring (bicyclic) bond motifs is 1. The summed E-state index contributed by atoms with van der Waals surface area (Å²) >= 11 is 1.80. The minimum Gasteiger partial charge on any atom is -0.325 e. The molecule has 0 fully saturated rings. The van der Waals surface area contributed by atoms with Crippen LogP contribution in [0.5, 0.6) is 0 Å². The summed E-state index contributed by atoms with van der Waals surface area (Å²) in [4.78, 5) is 27.0. The number of ketones is 1. The van der Waals surface area contributed by atoms with Gasteiger partial charge in [-0.15, -0.1) is 11.3 Å². The molecule has 0 atom stereocenters. The zero-order valence-corrected chi connectivity index (χ0v) is 13.3. The van der Waals surface area contributed by atoms with Gasteiger partial charge >= 0.3 is 0 Å². The largest absolute Gasteiger partial charge is 0.325 e. The number of amides is 1. The maximum absolute atomic E-state index is 12.1. The third-order valence-electron chi connectivity index (χ3n) is 3.83. The average molecular weight is 314 g/mol. The Morgan fingerprint density at radius 3 is 2.73 bits per heavy atom. The van der Waals surface area contributed by atoms with Crippen LogP contribution in [0.15, 0.2) is 35.7 Å². The minimum absolute atomic E-state index is 0.0192. The molecule has 1 amide bonds. The Hall–Kier alpha value is -1.98. The lowest BCUT2D eigenvalue weighted by molar-refractivity contribution is -0.117. The predicted molar refractivity (Wildman–Crippen MR) is 88.4 cm³/mol. The van der Waals surface area contributed by atoms with Crippen LogP contribution in [0.25, 0.3) is 0 Å². The van der Waals surface area contributed by atoms with Crippen LogP contribution < -0.4 is 5.32 Å². The highest BCUT2D eigenvalue weighted by Crippen LogP contribution is 2.23. The number of Topliss-reactive ketones (excluding diaryl/α,β-unsaturated/α-hetero) is 1. The van der Waals surface area contributed by atoms with Gasteiger partial charge in [-0.2, -0.15) is 0 Å². The van der Waals surface area contributed by atoms with E-state index < -0.39 is 0 Å². The molecule has 0 saturated heterocycles. The number of nitrogens with zero attached hydrogens (tertiary/aromatic N) is 1. The van der Waals surface area contributed by atoms with E-state index in [0.29, 0.717) is 12.1 Å². The molecule has 0 aliphatic carbocycles. The van der Waals surface area contributed by atoms with Gasteiger partial charge in [0.05, 0.1) is 6.54 Å². The van der Waals surface area contributed by atoms with Crippen molar-refractivity contribution < 1.29 is 9.59 Å². The number of rotatable bonds is 4. The second-order valence-electron chi connectivity index (χ2n) is 5.51. The number of carbonyl (C=O) groups excluding carboxylic acids is 2. The highest BCUT2D eigenvalue weighted by atomic mass is 32.1. The smallest absolute Gasteiger partial charge is 0.238 e. The number of anilines is 1. The van der Waals surface area contributed by atoms with Crippen molar-refractivity contribution in [1.29, 1.82) is 0 Å². The summed E-state index contributed by atoms with van der Waals surface area (Å²) in [5.41, 5.74) is 2.72. The van der Waals surface area contributed by atoms with E-state index in [1.165, 1.54) is 17.4 Å². The summed E-state index contributed by atoms with van der Waals surface area (Å²) in [5.74, 6) is 0.00650. The summed E-state index contributed by atoms with van der Waals surface area (Å²) in [5, 5.41) is 5.00. The number of benzene rings is 1. The zero-order chi connectivity index (χ0) is 15.5.